The van der Waals surface area contributed by atoms with Crippen LogP contribution in [0.2, 0.25) is 0 Å². The Morgan fingerprint density at radius 2 is 0.412 bits per heavy atom. The number of nitrogens with two attached hydrogens (primary N) is 1. The molecule has 0 aromatic rings. The molecule has 10 atom stereocenters. The second kappa shape index (κ2) is 58.1. The topological polar surface area (TPSA) is 479 Å². The first-order chi connectivity index (χ1) is 62.0. The number of rotatable bonds is 51. The number of carbonyl (C=O) groups is 14. The van der Waals surface area contributed by atoms with E-state index in [2.05, 4.69) is 69.1 Å². The van der Waals surface area contributed by atoms with E-state index in [-0.39, 0.29) is 126 Å². The molecule has 0 unspecified atom stereocenters. The first-order valence-electron chi connectivity index (χ1n) is 50.6. The minimum atomic E-state index is -1.34. The van der Waals surface area contributed by atoms with Crippen molar-refractivity contribution in [2.24, 2.45) is 41.2 Å². The van der Waals surface area contributed by atoms with Crippen molar-refractivity contribution in [1.82, 2.24) is 69.1 Å². The summed E-state index contributed by atoms with van der Waals surface area (Å²) in [5.74, 6) is -7.07. The third-order valence-electron chi connectivity index (χ3n) is 26.2. The molecular weight excluding hydrogens is 1680 g/mol. The highest BCUT2D eigenvalue weighted by Crippen LogP contribution is 2.35. The fourth-order valence-corrected chi connectivity index (χ4v) is 19.2. The number of carboxylic acids is 1. The maximum absolute atomic E-state index is 15.8. The number of unbranched alkanes of at least 4 members (excludes halogenated alkanes) is 4. The fraction of sp³-hybridized carbons (Fsp3) is 0.857. The van der Waals surface area contributed by atoms with Crippen molar-refractivity contribution in [3.8, 4) is 0 Å². The summed E-state index contributed by atoms with van der Waals surface area (Å²) < 4.78 is 21.7. The van der Waals surface area contributed by atoms with Gasteiger partial charge in [0, 0.05) is 26.2 Å². The van der Waals surface area contributed by atoms with E-state index in [4.69, 9.17) is 24.7 Å². The lowest BCUT2D eigenvalue weighted by atomic mass is 9.83. The Balaban J connectivity index is 1.32. The van der Waals surface area contributed by atoms with E-state index in [1.165, 1.54) is 0 Å². The predicted molar refractivity (Wildman–Crippen MR) is 502 cm³/mol. The summed E-state index contributed by atoms with van der Waals surface area (Å²) in [4.78, 5) is 201. The van der Waals surface area contributed by atoms with Gasteiger partial charge in [-0.05, 0) is 234 Å². The Hall–Kier alpha value is -8.26. The third kappa shape index (κ3) is 47.5. The average Bonchev–Trinajstić information content (AvgIpc) is 0.839. The van der Waals surface area contributed by atoms with E-state index in [1.54, 1.807) is 83.1 Å². The van der Waals surface area contributed by atoms with Crippen molar-refractivity contribution >= 4 is 83.5 Å². The first-order valence-corrected chi connectivity index (χ1v) is 50.6. The number of carboxylic acid groups (broad SMARTS) is 1. The zero-order valence-corrected chi connectivity index (χ0v) is 81.9. The number of aliphatic carboxylic acids is 1. The zero-order chi connectivity index (χ0) is 96.1. The molecule has 0 heterocycles. The van der Waals surface area contributed by atoms with E-state index >= 15 is 33.6 Å². The minimum absolute atomic E-state index is 0.00186. The molecule has 33 heteroatoms. The molecule has 0 bridgehead atoms. The van der Waals surface area contributed by atoms with Crippen molar-refractivity contribution in [2.45, 2.75) is 474 Å². The van der Waals surface area contributed by atoms with Gasteiger partial charge in [0.25, 0.3) is 0 Å². The van der Waals surface area contributed by atoms with Gasteiger partial charge in [-0.25, -0.2) is 24.0 Å². The molecule has 0 radical (unpaired) electrons. The highest BCUT2D eigenvalue weighted by molar-refractivity contribution is 5.99. The van der Waals surface area contributed by atoms with Gasteiger partial charge in [0.2, 0.25) is 53.2 Å². The number of hydrogen-bond acceptors (Lipinski definition) is 19. The molecule has 0 spiro atoms. The molecule has 6 fully saturated rings. The number of ether oxygens (including phenoxy) is 4. The van der Waals surface area contributed by atoms with Crippen LogP contribution in [0.25, 0.3) is 0 Å². The fourth-order valence-electron chi connectivity index (χ4n) is 19.2. The highest BCUT2D eigenvalue weighted by Gasteiger charge is 2.41. The quantitative estimate of drug-likeness (QED) is 0.0199. The lowest BCUT2D eigenvalue weighted by molar-refractivity contribution is -0.142. The van der Waals surface area contributed by atoms with E-state index in [9.17, 15) is 38.7 Å². The van der Waals surface area contributed by atoms with E-state index < -0.39 is 166 Å². The summed E-state index contributed by atoms with van der Waals surface area (Å²) in [6.45, 7) is 21.9. The SMILES string of the molecule is CC(C)(C)OC(=O)NCCCC[C@H](NC(=O)[C@H](CC1CCCCC1)NC(=O)[C@H](CC1CCCCC1)NC(=O)[C@H](CCCCNC(=O)OC(C)(C)C)NC(=O)[C@H](CC1CCCCC1)NC(=O)[C@H](CC1CCCCC1)NC(=O)[C@H](CCCCNC(=O)OC(C)(C)C)NC(=O)[C@H](CC1CCCCC1)NC(=O)[C@H](CC1CCCCC1)NC(=O)[C@@H](N)CCCCNC(=O)OC(C)(C)C)C(=O)O. The summed E-state index contributed by atoms with van der Waals surface area (Å²) in [5.41, 5.74) is 3.60. The van der Waals surface area contributed by atoms with Gasteiger partial charge in [-0.2, -0.15) is 0 Å². The molecule has 0 aromatic heterocycles. The Morgan fingerprint density at radius 1 is 0.244 bits per heavy atom. The average molecular weight is 1850 g/mol. The molecule has 16 N–H and O–H groups in total. The van der Waals surface area contributed by atoms with Gasteiger partial charge in [-0.3, -0.25) is 43.2 Å². The molecule has 6 rings (SSSR count). The Kier molecular flexibility index (Phi) is 49.5. The monoisotopic (exact) mass is 1850 g/mol. The number of nitrogens with one attached hydrogen (secondary N) is 13. The Bertz CT molecular complexity index is 3530. The van der Waals surface area contributed by atoms with Crippen LogP contribution in [0, 0.1) is 35.5 Å². The number of carbonyl (C=O) groups excluding carboxylic acids is 13. The van der Waals surface area contributed by atoms with Gasteiger partial charge >= 0.3 is 30.3 Å². The molecule has 0 aromatic carbocycles. The zero-order valence-electron chi connectivity index (χ0n) is 81.9. The van der Waals surface area contributed by atoms with Gasteiger partial charge in [-0.15, -0.1) is 0 Å². The molecule has 748 valence electrons. The first kappa shape index (κ1) is 111. The van der Waals surface area contributed by atoms with Gasteiger partial charge in [0.05, 0.1) is 6.04 Å². The van der Waals surface area contributed by atoms with Crippen molar-refractivity contribution in [2.75, 3.05) is 26.2 Å². The van der Waals surface area contributed by atoms with Crippen molar-refractivity contribution in [3.05, 3.63) is 0 Å². The van der Waals surface area contributed by atoms with Crippen LogP contribution >= 0.6 is 0 Å². The van der Waals surface area contributed by atoms with Crippen LogP contribution in [0.5, 0.6) is 0 Å². The molecule has 33 nitrogen and oxygen atoms in total. The second-order valence-electron chi connectivity index (χ2n) is 42.6. The van der Waals surface area contributed by atoms with Crippen LogP contribution in [-0.4, -0.2) is 198 Å². The smallest absolute Gasteiger partial charge is 0.407 e. The van der Waals surface area contributed by atoms with Crippen molar-refractivity contribution in [3.63, 3.8) is 0 Å². The molecule has 0 aliphatic heterocycles. The van der Waals surface area contributed by atoms with Gasteiger partial charge in [0.15, 0.2) is 0 Å². The van der Waals surface area contributed by atoms with E-state index in [0.717, 1.165) is 193 Å². The summed E-state index contributed by atoms with van der Waals surface area (Å²) in [6.07, 6.45) is 28.4. The molecular formula is C98H172N14O19. The van der Waals surface area contributed by atoms with E-state index in [1.807, 2.05) is 0 Å². The number of alkyl carbamates (subject to hydrolysis) is 4. The molecule has 0 saturated heterocycles. The Morgan fingerprint density at radius 3 is 0.611 bits per heavy atom. The molecule has 6 aliphatic rings. The lowest BCUT2D eigenvalue weighted by Crippen LogP contribution is -2.61. The summed E-state index contributed by atoms with van der Waals surface area (Å²) >= 11 is 0. The predicted octanol–water partition coefficient (Wildman–Crippen LogP) is 13.4. The molecule has 13 amide bonds. The minimum Gasteiger partial charge on any atom is -0.480 e. The molecule has 6 aliphatic carbocycles. The molecule has 131 heavy (non-hydrogen) atoms. The normalized spacial score (nSPS) is 19.1. The second-order valence-corrected chi connectivity index (χ2v) is 42.6. The molecule has 6 saturated carbocycles. The van der Waals surface area contributed by atoms with Gasteiger partial charge in [-0.1, -0.05) is 193 Å². The largest absolute Gasteiger partial charge is 0.480 e. The van der Waals surface area contributed by atoms with Crippen LogP contribution in [0.4, 0.5) is 19.2 Å². The summed E-state index contributed by atoms with van der Waals surface area (Å²) in [5, 5.41) is 48.6. The lowest BCUT2D eigenvalue weighted by Gasteiger charge is -2.33. The maximum Gasteiger partial charge on any atom is 0.407 e. The van der Waals surface area contributed by atoms with E-state index in [0.29, 0.717) is 51.5 Å². The number of amides is 13. The summed E-state index contributed by atoms with van der Waals surface area (Å²) in [6, 6.07) is -12.2. The van der Waals surface area contributed by atoms with Crippen LogP contribution in [0.1, 0.15) is 391 Å². The maximum atomic E-state index is 15.8. The highest BCUT2D eigenvalue weighted by atomic mass is 16.6. The van der Waals surface area contributed by atoms with Crippen LogP contribution in [0.3, 0.4) is 0 Å². The van der Waals surface area contributed by atoms with Gasteiger partial charge in [0.1, 0.15) is 76.8 Å². The van der Waals surface area contributed by atoms with Crippen LogP contribution in [0.15, 0.2) is 0 Å². The van der Waals surface area contributed by atoms with Crippen LogP contribution < -0.4 is 74.9 Å². The third-order valence-corrected chi connectivity index (χ3v) is 26.2. The summed E-state index contributed by atoms with van der Waals surface area (Å²) in [7, 11) is 0. The number of hydrogen-bond donors (Lipinski definition) is 15. The standard InChI is InChI=1S/C98H172N14O19/c1-95(2,3)128-91(124)100-55-35-31-51-71(99)81(113)107-75(59-65-39-19-13-20-40-65)87(119)110-76(60-66-41-21-14-22-42-66)84(116)104-72(52-32-36-56-101-92(125)129-96(4,5)6)82(114)108-79(63-69-47-27-17-28-48-69)88(120)111-77(61-67-43-23-15-24-44-67)85(117)105-73(53-33-37-57-102-93(126)130-97(7,8)9)83(115)109-80(64-70-49-29-18-30-50-70)89(121)112-78(62-68-45-25-16-26-46-68)86(118)106-74(90(122)123)54-34-38-58-103-94(127)131-98(10,11)12/h65-80H,13-64,99H2,1-12H3,(H,100,124)(H,101,125)(H,102,126)(H,103,127)(H,104,116)(H,105,117)(H,106,118)(H,107,113)(H,108,114)(H,109,115)(H,110,119)(H,111,120)(H,112,121)(H,122,123)/t71-,72-,73-,74-,75-,76-,77-,78-,79-,80-/m0/s1. The van der Waals surface area contributed by atoms with Crippen molar-refractivity contribution < 1.29 is 91.2 Å². The van der Waals surface area contributed by atoms with Crippen molar-refractivity contribution in [1.29, 1.82) is 0 Å². The Labute approximate surface area is 781 Å². The van der Waals surface area contributed by atoms with Gasteiger partial charge < -0.3 is 98.9 Å². The van der Waals surface area contributed by atoms with Crippen LogP contribution in [-0.2, 0) is 66.9 Å².